The molecule has 100 valence electrons. The number of carbonyl (C=O) groups excluding carboxylic acids is 1. The van der Waals surface area contributed by atoms with Gasteiger partial charge in [-0.2, -0.15) is 0 Å². The van der Waals surface area contributed by atoms with Crippen LogP contribution in [0.3, 0.4) is 0 Å². The molecule has 1 unspecified atom stereocenters. The Balaban J connectivity index is 2.16. The molecule has 1 aromatic carbocycles. The van der Waals surface area contributed by atoms with E-state index in [0.717, 1.165) is 0 Å². The summed E-state index contributed by atoms with van der Waals surface area (Å²) in [5.41, 5.74) is 0.817. The first kappa shape index (κ1) is 13.6. The van der Waals surface area contributed by atoms with Crippen LogP contribution in [-0.4, -0.2) is 22.6 Å². The van der Waals surface area contributed by atoms with Crippen LogP contribution in [0.4, 0.5) is 4.39 Å². The Morgan fingerprint density at radius 2 is 2.26 bits per heavy atom. The van der Waals surface area contributed by atoms with Gasteiger partial charge in [-0.15, -0.1) is 0 Å². The normalized spacial score (nSPS) is 12.2. The molecule has 2 rings (SSSR count). The molecule has 0 aliphatic heterocycles. The monoisotopic (exact) mass is 282 g/mol. The Bertz CT molecular complexity index is 572. The number of halogens is 2. The third kappa shape index (κ3) is 3.13. The van der Waals surface area contributed by atoms with Gasteiger partial charge in [-0.1, -0.05) is 17.7 Å². The standard InChI is InChI=1S/C13H12ClFN2O2/c14-9-4-3-8(6-10(9)15)12(7-18)17-13(19)11-2-1-5-16-11/h1-6,12,16,18H,7H2,(H,17,19). The highest BCUT2D eigenvalue weighted by atomic mass is 35.5. The van der Waals surface area contributed by atoms with Crippen molar-refractivity contribution in [2.75, 3.05) is 6.61 Å². The molecule has 4 nitrogen and oxygen atoms in total. The van der Waals surface area contributed by atoms with Gasteiger partial charge in [0.2, 0.25) is 0 Å². The number of aliphatic hydroxyl groups excluding tert-OH is 1. The first-order valence-corrected chi connectivity index (χ1v) is 5.99. The third-order valence-corrected chi connectivity index (χ3v) is 2.98. The largest absolute Gasteiger partial charge is 0.394 e. The predicted octanol–water partition coefficient (Wildman–Crippen LogP) is 2.27. The molecule has 6 heteroatoms. The molecule has 0 fully saturated rings. The summed E-state index contributed by atoms with van der Waals surface area (Å²) in [7, 11) is 0. The van der Waals surface area contributed by atoms with Gasteiger partial charge in [-0.05, 0) is 29.8 Å². The molecule has 0 bridgehead atoms. The van der Waals surface area contributed by atoms with Gasteiger partial charge in [0, 0.05) is 6.20 Å². The number of hydrogen-bond donors (Lipinski definition) is 3. The molecule has 0 saturated carbocycles. The molecule has 1 aromatic heterocycles. The second kappa shape index (κ2) is 5.86. The molecule has 0 spiro atoms. The van der Waals surface area contributed by atoms with E-state index in [4.69, 9.17) is 11.6 Å². The van der Waals surface area contributed by atoms with E-state index in [1.807, 2.05) is 0 Å². The summed E-state index contributed by atoms with van der Waals surface area (Å²) in [6.07, 6.45) is 1.62. The number of carbonyl (C=O) groups is 1. The van der Waals surface area contributed by atoms with Crippen LogP contribution in [0.1, 0.15) is 22.1 Å². The fourth-order valence-corrected chi connectivity index (χ4v) is 1.79. The van der Waals surface area contributed by atoms with Crippen LogP contribution in [0.2, 0.25) is 5.02 Å². The molecule has 1 atom stereocenters. The lowest BCUT2D eigenvalue weighted by Crippen LogP contribution is -2.31. The van der Waals surface area contributed by atoms with Crippen LogP contribution in [0.15, 0.2) is 36.5 Å². The van der Waals surface area contributed by atoms with E-state index in [1.165, 1.54) is 12.1 Å². The van der Waals surface area contributed by atoms with Crippen molar-refractivity contribution in [2.24, 2.45) is 0 Å². The minimum Gasteiger partial charge on any atom is -0.394 e. The second-order valence-electron chi connectivity index (χ2n) is 3.97. The van der Waals surface area contributed by atoms with Gasteiger partial charge < -0.3 is 15.4 Å². The van der Waals surface area contributed by atoms with Gasteiger partial charge in [0.15, 0.2) is 0 Å². The van der Waals surface area contributed by atoms with Crippen molar-refractivity contribution in [3.8, 4) is 0 Å². The molecule has 3 N–H and O–H groups in total. The van der Waals surface area contributed by atoms with E-state index < -0.39 is 11.9 Å². The summed E-state index contributed by atoms with van der Waals surface area (Å²) >= 11 is 5.59. The van der Waals surface area contributed by atoms with E-state index in [-0.39, 0.29) is 17.5 Å². The number of nitrogens with one attached hydrogen (secondary N) is 2. The number of rotatable bonds is 4. The van der Waals surface area contributed by atoms with Gasteiger partial charge in [-0.25, -0.2) is 4.39 Å². The molecule has 0 saturated heterocycles. The van der Waals surface area contributed by atoms with Crippen molar-refractivity contribution in [1.82, 2.24) is 10.3 Å². The molecule has 1 heterocycles. The Morgan fingerprint density at radius 3 is 2.84 bits per heavy atom. The average molecular weight is 283 g/mol. The lowest BCUT2D eigenvalue weighted by atomic mass is 10.1. The van der Waals surface area contributed by atoms with Crippen molar-refractivity contribution in [3.05, 3.63) is 58.6 Å². The van der Waals surface area contributed by atoms with Crippen molar-refractivity contribution in [1.29, 1.82) is 0 Å². The second-order valence-corrected chi connectivity index (χ2v) is 4.37. The van der Waals surface area contributed by atoms with Crippen LogP contribution in [0.5, 0.6) is 0 Å². The van der Waals surface area contributed by atoms with Crippen LogP contribution >= 0.6 is 11.6 Å². The molecule has 19 heavy (non-hydrogen) atoms. The minimum atomic E-state index is -0.692. The predicted molar refractivity (Wildman–Crippen MR) is 69.5 cm³/mol. The van der Waals surface area contributed by atoms with Crippen molar-refractivity contribution >= 4 is 17.5 Å². The highest BCUT2D eigenvalue weighted by molar-refractivity contribution is 6.30. The molecule has 1 amide bonds. The van der Waals surface area contributed by atoms with Crippen LogP contribution in [0, 0.1) is 5.82 Å². The highest BCUT2D eigenvalue weighted by Gasteiger charge is 2.16. The number of aromatic nitrogens is 1. The first-order valence-electron chi connectivity index (χ1n) is 5.62. The third-order valence-electron chi connectivity index (χ3n) is 2.68. The number of H-pyrrole nitrogens is 1. The van der Waals surface area contributed by atoms with Crippen molar-refractivity contribution < 1.29 is 14.3 Å². The number of aromatic amines is 1. The molecule has 0 aliphatic carbocycles. The van der Waals surface area contributed by atoms with E-state index in [9.17, 15) is 14.3 Å². The number of aliphatic hydroxyl groups is 1. The Kier molecular flexibility index (Phi) is 4.19. The number of benzene rings is 1. The summed E-state index contributed by atoms with van der Waals surface area (Å²) in [4.78, 5) is 14.6. The van der Waals surface area contributed by atoms with Gasteiger partial charge in [0.1, 0.15) is 11.5 Å². The van der Waals surface area contributed by atoms with E-state index in [1.54, 1.807) is 24.4 Å². The van der Waals surface area contributed by atoms with Crippen molar-refractivity contribution in [2.45, 2.75) is 6.04 Å². The molecule has 2 aromatic rings. The Labute approximate surface area is 114 Å². The van der Waals surface area contributed by atoms with Gasteiger partial charge in [0.25, 0.3) is 5.91 Å². The summed E-state index contributed by atoms with van der Waals surface area (Å²) in [5, 5.41) is 11.9. The zero-order chi connectivity index (χ0) is 13.8. The van der Waals surface area contributed by atoms with Crippen LogP contribution < -0.4 is 5.32 Å². The fourth-order valence-electron chi connectivity index (χ4n) is 1.67. The molecular weight excluding hydrogens is 271 g/mol. The fraction of sp³-hybridized carbons (Fsp3) is 0.154. The SMILES string of the molecule is O=C(NC(CO)c1ccc(Cl)c(F)c1)c1ccc[nH]1. The van der Waals surface area contributed by atoms with E-state index in [2.05, 4.69) is 10.3 Å². The quantitative estimate of drug-likeness (QED) is 0.805. The minimum absolute atomic E-state index is 0.00358. The molecule has 0 radical (unpaired) electrons. The zero-order valence-corrected chi connectivity index (χ0v) is 10.6. The summed E-state index contributed by atoms with van der Waals surface area (Å²) in [5.74, 6) is -0.967. The maximum atomic E-state index is 13.4. The zero-order valence-electron chi connectivity index (χ0n) is 9.86. The number of hydrogen-bond acceptors (Lipinski definition) is 2. The molecule has 0 aliphatic rings. The van der Waals surface area contributed by atoms with Crippen LogP contribution in [0.25, 0.3) is 0 Å². The average Bonchev–Trinajstić information content (AvgIpc) is 2.93. The molecular formula is C13H12ClFN2O2. The summed E-state index contributed by atoms with van der Waals surface area (Å²) in [6.45, 7) is -0.340. The van der Waals surface area contributed by atoms with E-state index >= 15 is 0 Å². The summed E-state index contributed by atoms with van der Waals surface area (Å²) < 4.78 is 13.4. The smallest absolute Gasteiger partial charge is 0.268 e. The van der Waals surface area contributed by atoms with Crippen LogP contribution in [-0.2, 0) is 0 Å². The summed E-state index contributed by atoms with van der Waals surface area (Å²) in [6, 6.07) is 6.73. The Morgan fingerprint density at radius 1 is 1.47 bits per heavy atom. The maximum Gasteiger partial charge on any atom is 0.268 e. The Hall–Kier alpha value is -1.85. The topological polar surface area (TPSA) is 65.1 Å². The van der Waals surface area contributed by atoms with Gasteiger partial charge in [0.05, 0.1) is 17.7 Å². The van der Waals surface area contributed by atoms with Gasteiger partial charge >= 0.3 is 0 Å². The number of amides is 1. The van der Waals surface area contributed by atoms with Gasteiger partial charge in [-0.3, -0.25) is 4.79 Å². The lowest BCUT2D eigenvalue weighted by molar-refractivity contribution is 0.0911. The highest BCUT2D eigenvalue weighted by Crippen LogP contribution is 2.20. The van der Waals surface area contributed by atoms with E-state index in [0.29, 0.717) is 11.3 Å². The maximum absolute atomic E-state index is 13.4. The van der Waals surface area contributed by atoms with Crippen molar-refractivity contribution in [3.63, 3.8) is 0 Å². The lowest BCUT2D eigenvalue weighted by Gasteiger charge is -2.16. The first-order chi connectivity index (χ1) is 9.11.